The third-order valence-corrected chi connectivity index (χ3v) is 4.77. The monoisotopic (exact) mass is 337 g/mol. The van der Waals surface area contributed by atoms with Crippen LogP contribution in [0, 0.1) is 11.8 Å². The normalized spacial score (nSPS) is 10.6. The van der Waals surface area contributed by atoms with E-state index in [9.17, 15) is 4.79 Å². The number of pyridine rings is 1. The number of fused-ring (bicyclic) bond motifs is 1. The van der Waals surface area contributed by atoms with Crippen LogP contribution in [-0.4, -0.2) is 4.57 Å². The van der Waals surface area contributed by atoms with Crippen molar-refractivity contribution >= 4 is 10.9 Å². The first-order valence-electron chi connectivity index (χ1n) is 9.77. The molecule has 0 atom stereocenters. The molecule has 0 saturated carbocycles. The van der Waals surface area contributed by atoms with Crippen molar-refractivity contribution < 1.29 is 0 Å². The van der Waals surface area contributed by atoms with Crippen molar-refractivity contribution in [3.8, 4) is 11.8 Å². The minimum Gasteiger partial charge on any atom is -0.347 e. The Morgan fingerprint density at radius 1 is 0.920 bits per heavy atom. The highest BCUT2D eigenvalue weighted by molar-refractivity contribution is 5.79. The van der Waals surface area contributed by atoms with Crippen LogP contribution in [0.4, 0.5) is 0 Å². The Balaban J connectivity index is 1.70. The third kappa shape index (κ3) is 6.09. The molecule has 2 aromatic rings. The number of hydrogen-bond acceptors (Lipinski definition) is 1. The van der Waals surface area contributed by atoms with Crippen molar-refractivity contribution in [2.75, 3.05) is 0 Å². The lowest BCUT2D eigenvalue weighted by Crippen LogP contribution is -2.11. The Hall–Kier alpha value is -2.01. The second-order valence-electron chi connectivity index (χ2n) is 6.80. The van der Waals surface area contributed by atoms with Crippen LogP contribution in [0.2, 0.25) is 0 Å². The molecule has 0 N–H and O–H groups in total. The standard InChI is InChI=1S/C23H31NO/c1-3-4-5-6-7-8-9-10-11-12-13-16-20-19-23(25)21-17-14-15-18-22(21)24(20)2/h14-15,17-19H,3-5,8-13,16H2,1-2H3. The number of aryl methyl sites for hydroxylation is 2. The predicted octanol–water partition coefficient (Wildman–Crippen LogP) is 5.62. The van der Waals surface area contributed by atoms with E-state index < -0.39 is 0 Å². The highest BCUT2D eigenvalue weighted by Gasteiger charge is 2.05. The van der Waals surface area contributed by atoms with Gasteiger partial charge >= 0.3 is 0 Å². The second kappa shape index (κ2) is 10.8. The van der Waals surface area contributed by atoms with Gasteiger partial charge in [0, 0.05) is 37.0 Å². The molecule has 0 fully saturated rings. The van der Waals surface area contributed by atoms with E-state index in [0.717, 1.165) is 42.3 Å². The first kappa shape index (κ1) is 19.3. The van der Waals surface area contributed by atoms with E-state index in [1.807, 2.05) is 30.3 Å². The van der Waals surface area contributed by atoms with E-state index in [-0.39, 0.29) is 5.43 Å². The molecule has 0 unspecified atom stereocenters. The molecule has 0 saturated heterocycles. The first-order valence-corrected chi connectivity index (χ1v) is 9.77. The van der Waals surface area contributed by atoms with Gasteiger partial charge in [0.1, 0.15) is 0 Å². The molecule has 0 aliphatic rings. The SMILES string of the molecule is CCCCC#CCCCCCCCc1cc(=O)c2ccccc2n1C. The van der Waals surface area contributed by atoms with Crippen LogP contribution < -0.4 is 5.43 Å². The minimum absolute atomic E-state index is 0.144. The predicted molar refractivity (Wildman–Crippen MR) is 108 cm³/mol. The van der Waals surface area contributed by atoms with Gasteiger partial charge in [-0.25, -0.2) is 0 Å². The van der Waals surface area contributed by atoms with Crippen molar-refractivity contribution in [3.05, 3.63) is 46.2 Å². The van der Waals surface area contributed by atoms with Crippen molar-refractivity contribution in [1.29, 1.82) is 0 Å². The molecular weight excluding hydrogens is 306 g/mol. The van der Waals surface area contributed by atoms with Gasteiger partial charge in [0.05, 0.1) is 5.52 Å². The third-order valence-electron chi connectivity index (χ3n) is 4.77. The summed E-state index contributed by atoms with van der Waals surface area (Å²) in [6.45, 7) is 2.21. The number of benzene rings is 1. The molecule has 1 aromatic carbocycles. The van der Waals surface area contributed by atoms with Gasteiger partial charge in [0.2, 0.25) is 0 Å². The second-order valence-corrected chi connectivity index (χ2v) is 6.80. The van der Waals surface area contributed by atoms with Gasteiger partial charge in [-0.05, 0) is 37.8 Å². The van der Waals surface area contributed by atoms with Gasteiger partial charge in [-0.3, -0.25) is 4.79 Å². The Bertz CT molecular complexity index is 776. The fraction of sp³-hybridized carbons (Fsp3) is 0.522. The Morgan fingerprint density at radius 3 is 2.40 bits per heavy atom. The van der Waals surface area contributed by atoms with Crippen molar-refractivity contribution in [2.24, 2.45) is 7.05 Å². The lowest BCUT2D eigenvalue weighted by atomic mass is 10.1. The summed E-state index contributed by atoms with van der Waals surface area (Å²) in [5, 5.41) is 0.814. The van der Waals surface area contributed by atoms with Gasteiger partial charge < -0.3 is 4.57 Å². The summed E-state index contributed by atoms with van der Waals surface area (Å²) in [6.07, 6.45) is 11.7. The average Bonchev–Trinajstić information content (AvgIpc) is 2.63. The Kier molecular flexibility index (Phi) is 8.32. The summed E-state index contributed by atoms with van der Waals surface area (Å²) in [5.74, 6) is 6.53. The largest absolute Gasteiger partial charge is 0.347 e. The van der Waals surface area contributed by atoms with Crippen LogP contribution in [0.25, 0.3) is 10.9 Å². The first-order chi connectivity index (χ1) is 12.2. The molecule has 1 heterocycles. The number of rotatable bonds is 9. The molecule has 25 heavy (non-hydrogen) atoms. The zero-order valence-electron chi connectivity index (χ0n) is 15.8. The molecule has 0 spiro atoms. The minimum atomic E-state index is 0.144. The summed E-state index contributed by atoms with van der Waals surface area (Å²) in [4.78, 5) is 12.2. The molecule has 2 nitrogen and oxygen atoms in total. The van der Waals surface area contributed by atoms with Crippen LogP contribution in [0.3, 0.4) is 0 Å². The van der Waals surface area contributed by atoms with Crippen molar-refractivity contribution in [1.82, 2.24) is 4.57 Å². The fourth-order valence-electron chi connectivity index (χ4n) is 3.19. The number of aromatic nitrogens is 1. The summed E-state index contributed by atoms with van der Waals surface area (Å²) >= 11 is 0. The lowest BCUT2D eigenvalue weighted by molar-refractivity contribution is 0.610. The quantitative estimate of drug-likeness (QED) is 0.430. The summed E-state index contributed by atoms with van der Waals surface area (Å²) < 4.78 is 2.17. The summed E-state index contributed by atoms with van der Waals surface area (Å²) in [5.41, 5.74) is 2.32. The zero-order chi connectivity index (χ0) is 17.9. The van der Waals surface area contributed by atoms with Crippen LogP contribution in [0.15, 0.2) is 35.1 Å². The van der Waals surface area contributed by atoms with Crippen LogP contribution in [0.5, 0.6) is 0 Å². The van der Waals surface area contributed by atoms with Crippen LogP contribution in [-0.2, 0) is 13.5 Å². The molecule has 2 heteroatoms. The average molecular weight is 338 g/mol. The Morgan fingerprint density at radius 2 is 1.60 bits per heavy atom. The maximum absolute atomic E-state index is 12.2. The number of unbranched alkanes of at least 4 members (excludes halogenated alkanes) is 7. The lowest BCUT2D eigenvalue weighted by Gasteiger charge is -2.12. The van der Waals surface area contributed by atoms with E-state index in [2.05, 4.69) is 30.4 Å². The molecule has 134 valence electrons. The molecule has 0 amide bonds. The van der Waals surface area contributed by atoms with Gasteiger partial charge in [0.15, 0.2) is 5.43 Å². The topological polar surface area (TPSA) is 22.0 Å². The van der Waals surface area contributed by atoms with Crippen molar-refractivity contribution in [2.45, 2.75) is 71.1 Å². The van der Waals surface area contributed by atoms with Gasteiger partial charge in [-0.15, -0.1) is 11.8 Å². The van der Waals surface area contributed by atoms with E-state index in [4.69, 9.17) is 0 Å². The fourth-order valence-corrected chi connectivity index (χ4v) is 3.19. The molecule has 0 aliphatic heterocycles. The summed E-state index contributed by atoms with van der Waals surface area (Å²) in [6, 6.07) is 9.68. The molecule has 0 radical (unpaired) electrons. The van der Waals surface area contributed by atoms with E-state index in [1.165, 1.54) is 38.5 Å². The molecular formula is C23H31NO. The van der Waals surface area contributed by atoms with Gasteiger partial charge in [-0.1, -0.05) is 44.7 Å². The number of nitrogens with zero attached hydrogens (tertiary/aromatic N) is 1. The highest BCUT2D eigenvalue weighted by Crippen LogP contribution is 2.14. The van der Waals surface area contributed by atoms with E-state index in [1.54, 1.807) is 0 Å². The summed E-state index contributed by atoms with van der Waals surface area (Å²) in [7, 11) is 2.06. The smallest absolute Gasteiger partial charge is 0.189 e. The molecule has 1 aromatic heterocycles. The van der Waals surface area contributed by atoms with Gasteiger partial charge in [-0.2, -0.15) is 0 Å². The maximum atomic E-state index is 12.2. The molecule has 0 aliphatic carbocycles. The van der Waals surface area contributed by atoms with E-state index in [0.29, 0.717) is 0 Å². The Labute approximate surface area is 152 Å². The zero-order valence-corrected chi connectivity index (χ0v) is 15.8. The maximum Gasteiger partial charge on any atom is 0.189 e. The van der Waals surface area contributed by atoms with E-state index >= 15 is 0 Å². The number of hydrogen-bond donors (Lipinski definition) is 0. The molecule has 0 bridgehead atoms. The highest BCUT2D eigenvalue weighted by atomic mass is 16.1. The molecule has 2 rings (SSSR count). The van der Waals surface area contributed by atoms with Gasteiger partial charge in [0.25, 0.3) is 0 Å². The van der Waals surface area contributed by atoms with Crippen LogP contribution in [0.1, 0.15) is 70.4 Å². The van der Waals surface area contributed by atoms with Crippen molar-refractivity contribution in [3.63, 3.8) is 0 Å². The van der Waals surface area contributed by atoms with Crippen LogP contribution >= 0.6 is 0 Å². The number of para-hydroxylation sites is 1.